The molecule has 3 heterocycles. The molecule has 0 bridgehead atoms. The molecule has 150 valence electrons. The van der Waals surface area contributed by atoms with Gasteiger partial charge >= 0.3 is 0 Å². The molecular formula is C20H26N4O4. The largest absolute Gasteiger partial charge is 0.396 e. The Labute approximate surface area is 163 Å². The number of nitrogens with one attached hydrogen (secondary N) is 3. The minimum atomic E-state index is -0.596. The average molecular weight is 386 g/mol. The first-order chi connectivity index (χ1) is 13.6. The number of hydrogen-bond acceptors (Lipinski definition) is 6. The predicted octanol–water partition coefficient (Wildman–Crippen LogP) is -0.492. The van der Waals surface area contributed by atoms with Crippen LogP contribution >= 0.6 is 0 Å². The molecule has 0 aromatic heterocycles. The smallest absolute Gasteiger partial charge is 0.255 e. The van der Waals surface area contributed by atoms with Gasteiger partial charge < -0.3 is 20.6 Å². The van der Waals surface area contributed by atoms with Crippen LogP contribution in [0.15, 0.2) is 18.2 Å². The van der Waals surface area contributed by atoms with Crippen molar-refractivity contribution in [1.29, 1.82) is 0 Å². The lowest BCUT2D eigenvalue weighted by Crippen LogP contribution is -2.52. The number of aliphatic hydroxyl groups is 1. The van der Waals surface area contributed by atoms with Crippen molar-refractivity contribution in [2.45, 2.75) is 44.4 Å². The summed E-state index contributed by atoms with van der Waals surface area (Å²) < 4.78 is 0. The number of nitrogens with zero attached hydrogens (tertiary/aromatic N) is 1. The molecule has 3 unspecified atom stereocenters. The lowest BCUT2D eigenvalue weighted by Gasteiger charge is -2.32. The maximum atomic E-state index is 13.1. The van der Waals surface area contributed by atoms with Crippen LogP contribution in [0.25, 0.3) is 0 Å². The molecule has 3 aliphatic heterocycles. The van der Waals surface area contributed by atoms with Crippen molar-refractivity contribution in [3.8, 4) is 0 Å². The van der Waals surface area contributed by atoms with Crippen LogP contribution in [0.3, 0.4) is 0 Å². The first kappa shape index (κ1) is 19.0. The number of rotatable bonds is 5. The summed E-state index contributed by atoms with van der Waals surface area (Å²) in [7, 11) is 0. The van der Waals surface area contributed by atoms with Crippen LogP contribution in [0.2, 0.25) is 0 Å². The zero-order valence-electron chi connectivity index (χ0n) is 15.7. The number of benzene rings is 1. The molecular weight excluding hydrogens is 360 g/mol. The Morgan fingerprint density at radius 2 is 2.07 bits per heavy atom. The van der Waals surface area contributed by atoms with Crippen LogP contribution in [-0.4, -0.2) is 59.5 Å². The van der Waals surface area contributed by atoms with Gasteiger partial charge in [-0.1, -0.05) is 18.2 Å². The summed E-state index contributed by atoms with van der Waals surface area (Å²) in [6, 6.07) is 5.39. The van der Waals surface area contributed by atoms with E-state index in [2.05, 4.69) is 16.0 Å². The molecule has 2 fully saturated rings. The van der Waals surface area contributed by atoms with Gasteiger partial charge in [0.1, 0.15) is 6.04 Å². The summed E-state index contributed by atoms with van der Waals surface area (Å²) in [5, 5.41) is 18.7. The number of carbonyl (C=O) groups excluding carboxylic acids is 3. The standard InChI is InChI=1S/C20H26N4O4/c25-11-14-8-21-7-6-15(14)22-9-12-2-1-3-13-10-24(20(28)18(12)13)16-4-5-17(26)23-19(16)27/h1-3,14-16,21-22,25H,4-11H2,(H,23,26,27). The van der Waals surface area contributed by atoms with Gasteiger partial charge in [-0.3, -0.25) is 19.7 Å². The molecule has 1 aromatic rings. The van der Waals surface area contributed by atoms with Crippen LogP contribution in [0.4, 0.5) is 0 Å². The Morgan fingerprint density at radius 1 is 1.21 bits per heavy atom. The van der Waals surface area contributed by atoms with Crippen LogP contribution < -0.4 is 16.0 Å². The Bertz CT molecular complexity index is 796. The van der Waals surface area contributed by atoms with Crippen molar-refractivity contribution >= 4 is 17.7 Å². The van der Waals surface area contributed by atoms with E-state index in [1.807, 2.05) is 18.2 Å². The van der Waals surface area contributed by atoms with Crippen molar-refractivity contribution < 1.29 is 19.5 Å². The summed E-state index contributed by atoms with van der Waals surface area (Å²) in [5.41, 5.74) is 2.49. The zero-order chi connectivity index (χ0) is 19.7. The summed E-state index contributed by atoms with van der Waals surface area (Å²) in [4.78, 5) is 38.3. The van der Waals surface area contributed by atoms with Gasteiger partial charge in [0.15, 0.2) is 0 Å². The first-order valence-electron chi connectivity index (χ1n) is 9.89. The quantitative estimate of drug-likeness (QED) is 0.508. The Balaban J connectivity index is 1.49. The van der Waals surface area contributed by atoms with E-state index in [0.29, 0.717) is 25.1 Å². The van der Waals surface area contributed by atoms with E-state index in [0.717, 1.165) is 30.6 Å². The van der Waals surface area contributed by atoms with Crippen molar-refractivity contribution in [1.82, 2.24) is 20.9 Å². The van der Waals surface area contributed by atoms with Gasteiger partial charge in [0.25, 0.3) is 5.91 Å². The maximum absolute atomic E-state index is 13.1. The minimum Gasteiger partial charge on any atom is -0.396 e. The molecule has 0 spiro atoms. The second-order valence-electron chi connectivity index (χ2n) is 7.77. The molecule has 8 heteroatoms. The fourth-order valence-electron chi connectivity index (χ4n) is 4.46. The third-order valence-electron chi connectivity index (χ3n) is 6.04. The molecule has 8 nitrogen and oxygen atoms in total. The Kier molecular flexibility index (Phi) is 5.43. The highest BCUT2D eigenvalue weighted by molar-refractivity contribution is 6.05. The van der Waals surface area contributed by atoms with E-state index in [1.165, 1.54) is 0 Å². The number of piperidine rings is 2. The molecule has 0 aliphatic carbocycles. The Morgan fingerprint density at radius 3 is 2.86 bits per heavy atom. The van der Waals surface area contributed by atoms with E-state index in [4.69, 9.17) is 0 Å². The third kappa shape index (κ3) is 3.55. The molecule has 3 atom stereocenters. The number of aliphatic hydroxyl groups excluding tert-OH is 1. The number of amides is 3. The van der Waals surface area contributed by atoms with E-state index >= 15 is 0 Å². The highest BCUT2D eigenvalue weighted by atomic mass is 16.3. The molecule has 3 amide bonds. The fraction of sp³-hybridized carbons (Fsp3) is 0.550. The van der Waals surface area contributed by atoms with Crippen LogP contribution in [0.5, 0.6) is 0 Å². The summed E-state index contributed by atoms with van der Waals surface area (Å²) in [5.74, 6) is -0.666. The highest BCUT2D eigenvalue weighted by Gasteiger charge is 2.40. The molecule has 28 heavy (non-hydrogen) atoms. The molecule has 4 N–H and O–H groups in total. The van der Waals surface area contributed by atoms with E-state index in [-0.39, 0.29) is 36.8 Å². The SMILES string of the molecule is O=C1CCC(N2Cc3cccc(CNC4CCNCC4CO)c3C2=O)C(=O)N1. The Hall–Kier alpha value is -2.29. The third-order valence-corrected chi connectivity index (χ3v) is 6.04. The lowest BCUT2D eigenvalue weighted by molar-refractivity contribution is -0.136. The molecule has 2 saturated heterocycles. The minimum absolute atomic E-state index is 0.125. The predicted molar refractivity (Wildman–Crippen MR) is 101 cm³/mol. The lowest BCUT2D eigenvalue weighted by atomic mass is 9.93. The fourth-order valence-corrected chi connectivity index (χ4v) is 4.46. The van der Waals surface area contributed by atoms with E-state index in [9.17, 15) is 19.5 Å². The van der Waals surface area contributed by atoms with Crippen molar-refractivity contribution in [2.24, 2.45) is 5.92 Å². The van der Waals surface area contributed by atoms with E-state index < -0.39 is 11.9 Å². The van der Waals surface area contributed by atoms with Gasteiger partial charge in [0, 0.05) is 50.2 Å². The zero-order valence-corrected chi connectivity index (χ0v) is 15.7. The second-order valence-corrected chi connectivity index (χ2v) is 7.77. The molecule has 4 rings (SSSR count). The van der Waals surface area contributed by atoms with Crippen molar-refractivity contribution in [2.75, 3.05) is 19.7 Å². The molecule has 1 aromatic carbocycles. The van der Waals surface area contributed by atoms with Gasteiger partial charge in [-0.25, -0.2) is 0 Å². The number of fused-ring (bicyclic) bond motifs is 1. The van der Waals surface area contributed by atoms with E-state index in [1.54, 1.807) is 4.90 Å². The van der Waals surface area contributed by atoms with Gasteiger partial charge in [-0.05, 0) is 30.5 Å². The molecule has 0 radical (unpaired) electrons. The van der Waals surface area contributed by atoms with Gasteiger partial charge in [0.05, 0.1) is 0 Å². The van der Waals surface area contributed by atoms with Gasteiger partial charge in [-0.2, -0.15) is 0 Å². The molecule has 0 saturated carbocycles. The number of hydrogen-bond donors (Lipinski definition) is 4. The second kappa shape index (κ2) is 7.98. The van der Waals surface area contributed by atoms with Crippen molar-refractivity contribution in [3.63, 3.8) is 0 Å². The molecule has 3 aliphatic rings. The number of carbonyl (C=O) groups is 3. The summed E-state index contributed by atoms with van der Waals surface area (Å²) in [6.45, 7) is 2.74. The normalized spacial score (nSPS) is 27.7. The van der Waals surface area contributed by atoms with Crippen molar-refractivity contribution in [3.05, 3.63) is 34.9 Å². The topological polar surface area (TPSA) is 111 Å². The van der Waals surface area contributed by atoms with Crippen LogP contribution in [0.1, 0.15) is 40.7 Å². The monoisotopic (exact) mass is 386 g/mol. The number of imide groups is 1. The van der Waals surface area contributed by atoms with Gasteiger partial charge in [0.2, 0.25) is 11.8 Å². The van der Waals surface area contributed by atoms with Crippen LogP contribution in [0, 0.1) is 5.92 Å². The maximum Gasteiger partial charge on any atom is 0.255 e. The van der Waals surface area contributed by atoms with Crippen LogP contribution in [-0.2, 0) is 22.7 Å². The first-order valence-corrected chi connectivity index (χ1v) is 9.89. The van der Waals surface area contributed by atoms with Gasteiger partial charge in [-0.15, -0.1) is 0 Å². The summed E-state index contributed by atoms with van der Waals surface area (Å²) in [6.07, 6.45) is 1.55. The summed E-state index contributed by atoms with van der Waals surface area (Å²) >= 11 is 0. The average Bonchev–Trinajstić information content (AvgIpc) is 3.03. The highest BCUT2D eigenvalue weighted by Crippen LogP contribution is 2.30.